The lowest BCUT2D eigenvalue weighted by Gasteiger charge is -2.32. The maximum atomic E-state index is 13.6. The molecule has 4 aromatic heterocycles. The summed E-state index contributed by atoms with van der Waals surface area (Å²) in [7, 11) is 0. The van der Waals surface area contributed by atoms with Gasteiger partial charge in [-0.1, -0.05) is 24.5 Å². The molecule has 19 nitrogen and oxygen atoms in total. The van der Waals surface area contributed by atoms with Gasteiger partial charge in [0.1, 0.15) is 35.9 Å². The van der Waals surface area contributed by atoms with Gasteiger partial charge in [-0.2, -0.15) is 4.98 Å². The molecule has 0 spiro atoms. The van der Waals surface area contributed by atoms with E-state index in [4.69, 9.17) is 39.0 Å². The number of ether oxygens (including phenoxy) is 2. The molecule has 0 aliphatic carbocycles. The molecule has 7 rings (SSSR count). The lowest BCUT2D eigenvalue weighted by atomic mass is 10.0. The van der Waals surface area contributed by atoms with Gasteiger partial charge in [0.15, 0.2) is 28.9 Å². The van der Waals surface area contributed by atoms with Gasteiger partial charge in [-0.25, -0.2) is 29.1 Å². The first kappa shape index (κ1) is 30.1. The van der Waals surface area contributed by atoms with Crippen molar-refractivity contribution in [2.24, 2.45) is 0 Å². The lowest BCUT2D eigenvalue weighted by Crippen LogP contribution is -2.41. The predicted molar refractivity (Wildman–Crippen MR) is 159 cm³/mol. The molecule has 3 aliphatic rings. The number of nitrogen functional groups attached to an aromatic ring is 2. The van der Waals surface area contributed by atoms with Crippen LogP contribution in [0.25, 0.3) is 22.3 Å². The zero-order valence-electron chi connectivity index (χ0n) is 22.7. The van der Waals surface area contributed by atoms with Crippen molar-refractivity contribution in [3.63, 3.8) is 0 Å². The number of anilines is 2. The van der Waals surface area contributed by atoms with Crippen molar-refractivity contribution in [1.82, 2.24) is 39.0 Å². The van der Waals surface area contributed by atoms with Crippen LogP contribution in [0.2, 0.25) is 0 Å². The van der Waals surface area contributed by atoms with E-state index in [-0.39, 0.29) is 49.0 Å². The molecule has 8 atom stereocenters. The number of rotatable bonds is 2. The Hall–Kier alpha value is -2.58. The second-order valence-corrected chi connectivity index (χ2v) is 16.4. The maximum Gasteiger partial charge on any atom is 0.386 e. The van der Waals surface area contributed by atoms with Crippen LogP contribution < -0.4 is 17.0 Å². The van der Waals surface area contributed by atoms with Crippen molar-refractivity contribution in [3.8, 4) is 0 Å². The van der Waals surface area contributed by atoms with Crippen molar-refractivity contribution in [3.05, 3.63) is 29.3 Å². The van der Waals surface area contributed by atoms with Crippen molar-refractivity contribution in [2.75, 3.05) is 24.7 Å². The van der Waals surface area contributed by atoms with Gasteiger partial charge in [0.25, 0.3) is 5.56 Å². The Morgan fingerprint density at radius 3 is 2.57 bits per heavy atom. The summed E-state index contributed by atoms with van der Waals surface area (Å²) in [6.07, 6.45) is -0.0776. The molecular formula is C21H26N10O9P2S2. The van der Waals surface area contributed by atoms with Crippen LogP contribution >= 0.6 is 38.1 Å². The highest BCUT2D eigenvalue weighted by molar-refractivity contribution is 8.44. The Kier molecular flexibility index (Phi) is 7.36. The number of nitrogens with one attached hydrogen (secondary N) is 1. The van der Waals surface area contributed by atoms with E-state index in [1.165, 1.54) is 23.5 Å². The fourth-order valence-corrected chi connectivity index (χ4v) is 8.61. The third-order valence-electron chi connectivity index (χ3n) is 7.54. The molecule has 0 saturated carbocycles. The average molecular weight is 689 g/mol. The average Bonchev–Trinajstić information content (AvgIpc) is 3.71. The summed E-state index contributed by atoms with van der Waals surface area (Å²) in [5, 5.41) is 0. The van der Waals surface area contributed by atoms with E-state index < -0.39 is 55.5 Å². The molecule has 0 radical (unpaired) electrons. The first-order valence-electron chi connectivity index (χ1n) is 13.1. The minimum atomic E-state index is -4.12. The summed E-state index contributed by atoms with van der Waals surface area (Å²) in [6, 6.07) is 0. The third kappa shape index (κ3) is 5.44. The number of nitrogens with two attached hydrogens (primary N) is 2. The summed E-state index contributed by atoms with van der Waals surface area (Å²) in [6.45, 7) is -7.13. The first-order valence-corrected chi connectivity index (χ1v) is 18.5. The minimum absolute atomic E-state index is 0.000873. The van der Waals surface area contributed by atoms with Crippen LogP contribution in [-0.4, -0.2) is 76.2 Å². The second-order valence-electron chi connectivity index (χ2n) is 10.6. The fraction of sp³-hybridized carbons (Fsp3) is 0.524. The van der Waals surface area contributed by atoms with Crippen LogP contribution in [0.15, 0.2) is 23.8 Å². The summed E-state index contributed by atoms with van der Waals surface area (Å²) >= 11 is 8.43. The number of thiol groups is 2. The summed E-state index contributed by atoms with van der Waals surface area (Å²) in [5.74, 6) is 0.0433. The Balaban J connectivity index is 1.19. The van der Waals surface area contributed by atoms with Crippen molar-refractivity contribution in [1.29, 1.82) is 0 Å². The number of imidazole rings is 2. The number of hydrogen-bond acceptors (Lipinski definition) is 16. The van der Waals surface area contributed by atoms with Gasteiger partial charge in [-0.05, 0) is 6.92 Å². The van der Waals surface area contributed by atoms with Gasteiger partial charge in [-0.15, -0.1) is 0 Å². The second kappa shape index (κ2) is 10.8. The van der Waals surface area contributed by atoms with Crippen LogP contribution in [0.1, 0.15) is 32.2 Å². The number of aromatic amines is 1. The summed E-state index contributed by atoms with van der Waals surface area (Å²) in [4.78, 5) is 35.5. The smallest absolute Gasteiger partial charge is 0.382 e. The van der Waals surface area contributed by atoms with Crippen LogP contribution in [0.3, 0.4) is 0 Å². The SMILES string of the molecule is C[C@@]12COP(=O)(S)O[C@H]3C[C@@H](COP(=O)(S)O[C@H]1C[C@H](n1cnc4c(N)ncnc41)O2)O[C@H]3n1cnc2c(=O)[nH]c(N)nc21. The van der Waals surface area contributed by atoms with Crippen LogP contribution in [-0.2, 0) is 36.7 Å². The molecule has 3 fully saturated rings. The van der Waals surface area contributed by atoms with Crippen molar-refractivity contribution >= 4 is 72.2 Å². The van der Waals surface area contributed by atoms with Gasteiger partial charge in [0, 0.05) is 12.8 Å². The lowest BCUT2D eigenvalue weighted by molar-refractivity contribution is -0.110. The summed E-state index contributed by atoms with van der Waals surface area (Å²) in [5.41, 5.74) is 10.6. The molecule has 5 N–H and O–H groups in total. The van der Waals surface area contributed by atoms with E-state index in [2.05, 4.69) is 54.4 Å². The number of fused-ring (bicyclic) bond motifs is 5. The van der Waals surface area contributed by atoms with Crippen LogP contribution in [0.5, 0.6) is 0 Å². The zero-order chi connectivity index (χ0) is 31.0. The molecular weight excluding hydrogens is 662 g/mol. The highest BCUT2D eigenvalue weighted by Gasteiger charge is 2.52. The van der Waals surface area contributed by atoms with Crippen molar-refractivity contribution in [2.45, 2.75) is 56.1 Å². The molecule has 44 heavy (non-hydrogen) atoms. The molecule has 0 aromatic carbocycles. The maximum absolute atomic E-state index is 13.6. The topological polar surface area (TPSA) is 249 Å². The Labute approximate surface area is 257 Å². The van der Waals surface area contributed by atoms with Gasteiger partial charge in [0.2, 0.25) is 5.95 Å². The van der Waals surface area contributed by atoms with E-state index in [0.717, 1.165) is 0 Å². The molecule has 2 bridgehead atoms. The van der Waals surface area contributed by atoms with Gasteiger partial charge >= 0.3 is 13.6 Å². The summed E-state index contributed by atoms with van der Waals surface area (Å²) < 4.78 is 65.8. The molecule has 3 saturated heterocycles. The Bertz CT molecular complexity index is 1920. The van der Waals surface area contributed by atoms with Gasteiger partial charge in [-0.3, -0.25) is 37.0 Å². The van der Waals surface area contributed by atoms with Gasteiger partial charge in [0.05, 0.1) is 32.0 Å². The zero-order valence-corrected chi connectivity index (χ0v) is 26.3. The van der Waals surface area contributed by atoms with Crippen LogP contribution in [0.4, 0.5) is 11.8 Å². The highest BCUT2D eigenvalue weighted by Crippen LogP contribution is 2.61. The third-order valence-corrected chi connectivity index (χ3v) is 10.8. The monoisotopic (exact) mass is 688 g/mol. The first-order chi connectivity index (χ1) is 20.8. The van der Waals surface area contributed by atoms with E-state index >= 15 is 0 Å². The molecule has 4 aromatic rings. The number of H-pyrrole nitrogens is 1. The van der Waals surface area contributed by atoms with E-state index in [1.54, 1.807) is 11.5 Å². The molecule has 2 unspecified atom stereocenters. The van der Waals surface area contributed by atoms with E-state index in [0.29, 0.717) is 11.2 Å². The molecule has 3 aliphatic heterocycles. The quantitative estimate of drug-likeness (QED) is 0.149. The normalized spacial score (nSPS) is 36.6. The molecule has 0 amide bonds. The van der Waals surface area contributed by atoms with E-state index in [9.17, 15) is 13.9 Å². The standard InChI is InChI=1S/C21H26N10O9P2S2/c1-21-5-36-42(34,44)39-10-2-9(37-19(10)31-8-27-14-17(31)28-20(23)29-18(14)32)4-35-41(33,43)40-11(21)3-12(38-21)30-7-26-13-15(22)24-6-25-16(13)30/h6-12,19H,2-5H2,1H3,(H,33,43)(H,34,44)(H2,22,24,25)(H3,23,28,29,32)/t9-,10-,11-,12+,19+,21+,41?,42?/m0/s1. The van der Waals surface area contributed by atoms with Crippen molar-refractivity contribution < 1.29 is 36.7 Å². The molecule has 236 valence electrons. The highest BCUT2D eigenvalue weighted by atomic mass is 32.7. The number of hydrogen-bond donors (Lipinski definition) is 5. The Morgan fingerprint density at radius 1 is 1.00 bits per heavy atom. The van der Waals surface area contributed by atoms with E-state index in [1.807, 2.05) is 0 Å². The molecule has 23 heteroatoms. The fourth-order valence-electron chi connectivity index (χ4n) is 5.47. The van der Waals surface area contributed by atoms with Gasteiger partial charge < -0.3 is 20.9 Å². The largest absolute Gasteiger partial charge is 0.386 e. The number of aromatic nitrogens is 8. The predicted octanol–water partition coefficient (Wildman–Crippen LogP) is 1.98. The minimum Gasteiger partial charge on any atom is -0.382 e. The Morgan fingerprint density at radius 2 is 1.75 bits per heavy atom. The molecule has 7 heterocycles. The number of nitrogens with zero attached hydrogens (tertiary/aromatic N) is 7. The van der Waals surface area contributed by atoms with Crippen LogP contribution in [0, 0.1) is 0 Å².